The van der Waals surface area contributed by atoms with Crippen molar-refractivity contribution in [2.24, 2.45) is 0 Å². The molecule has 5 heteroatoms. The van der Waals surface area contributed by atoms with Gasteiger partial charge in [0.1, 0.15) is 10.5 Å². The molecule has 1 aromatic carbocycles. The lowest BCUT2D eigenvalue weighted by Crippen LogP contribution is -2.32. The first kappa shape index (κ1) is 15.2. The summed E-state index contributed by atoms with van der Waals surface area (Å²) in [5, 5.41) is 0. The molecule has 0 bridgehead atoms. The molecular weight excluding hydrogens is 257 g/mol. The fourth-order valence-corrected chi connectivity index (χ4v) is 2.77. The molecule has 0 saturated carbocycles. The van der Waals surface area contributed by atoms with Gasteiger partial charge in [0.15, 0.2) is 0 Å². The van der Waals surface area contributed by atoms with Gasteiger partial charge in [0.25, 0.3) is 0 Å². The minimum Gasteiger partial charge on any atom is -0.422 e. The lowest BCUT2D eigenvalue weighted by molar-refractivity contribution is -0.137. The molecule has 0 fully saturated rings. The fourth-order valence-electron chi connectivity index (χ4n) is 2.04. The molecule has 0 N–H and O–H groups in total. The van der Waals surface area contributed by atoms with Crippen molar-refractivity contribution in [1.29, 1.82) is 0 Å². The van der Waals surface area contributed by atoms with Crippen molar-refractivity contribution < 1.29 is 17.6 Å². The smallest absolute Gasteiger partial charge is 0.416 e. The highest BCUT2D eigenvalue weighted by molar-refractivity contribution is 5.98. The Hall–Kier alpha value is -0.813. The largest absolute Gasteiger partial charge is 0.422 e. The Morgan fingerprint density at radius 2 is 1.56 bits per heavy atom. The van der Waals surface area contributed by atoms with E-state index >= 15 is 0 Å². The van der Waals surface area contributed by atoms with Gasteiger partial charge in [-0.2, -0.15) is 13.2 Å². The van der Waals surface area contributed by atoms with E-state index in [1.54, 1.807) is 12.1 Å². The first-order valence-electron chi connectivity index (χ1n) is 6.08. The van der Waals surface area contributed by atoms with Crippen LogP contribution in [0.1, 0.15) is 37.8 Å². The summed E-state index contributed by atoms with van der Waals surface area (Å²) in [7, 11) is 0.637. The van der Waals surface area contributed by atoms with Gasteiger partial charge in [-0.15, -0.1) is 0 Å². The maximum absolute atomic E-state index is 12.4. The van der Waals surface area contributed by atoms with Crippen LogP contribution in [0.2, 0.25) is 0 Å². The van der Waals surface area contributed by atoms with Gasteiger partial charge in [-0.25, -0.2) is 0 Å². The van der Waals surface area contributed by atoms with Gasteiger partial charge in [-0.3, -0.25) is 0 Å². The van der Waals surface area contributed by atoms with E-state index in [2.05, 4.69) is 0 Å². The third-order valence-electron chi connectivity index (χ3n) is 3.53. The van der Waals surface area contributed by atoms with E-state index in [0.29, 0.717) is 16.9 Å². The first-order valence-corrected chi connectivity index (χ1v) is 6.90. The summed E-state index contributed by atoms with van der Waals surface area (Å²) in [6, 6.07) is 5.37. The summed E-state index contributed by atoms with van der Waals surface area (Å²) in [6.45, 7) is 4.09. The topological polar surface area (TPSA) is 9.23 Å². The first-order chi connectivity index (χ1) is 8.37. The Bertz CT molecular complexity index is 361. The van der Waals surface area contributed by atoms with Crippen molar-refractivity contribution in [1.82, 2.24) is 0 Å². The van der Waals surface area contributed by atoms with Gasteiger partial charge < -0.3 is 4.43 Å². The normalized spacial score (nSPS) is 12.9. The van der Waals surface area contributed by atoms with Gasteiger partial charge >= 0.3 is 6.18 Å². The van der Waals surface area contributed by atoms with Gasteiger partial charge in [0.05, 0.1) is 11.2 Å². The van der Waals surface area contributed by atoms with E-state index in [1.165, 1.54) is 0 Å². The minimum atomic E-state index is -4.26. The molecule has 0 radical (unpaired) electrons. The van der Waals surface area contributed by atoms with Crippen LogP contribution in [0.15, 0.2) is 24.3 Å². The van der Waals surface area contributed by atoms with Crippen LogP contribution in [0.5, 0.6) is 0 Å². The number of hydrogen-bond acceptors (Lipinski definition) is 1. The Morgan fingerprint density at radius 1 is 1.06 bits per heavy atom. The molecule has 0 atom stereocenters. The van der Waals surface area contributed by atoms with Crippen molar-refractivity contribution >= 4 is 10.5 Å². The summed E-state index contributed by atoms with van der Waals surface area (Å²) >= 11 is 0. The van der Waals surface area contributed by atoms with Crippen molar-refractivity contribution in [2.45, 2.75) is 44.9 Å². The van der Waals surface area contributed by atoms with Gasteiger partial charge in [-0.05, 0) is 30.5 Å². The Morgan fingerprint density at radius 3 is 1.89 bits per heavy atom. The van der Waals surface area contributed by atoms with E-state index in [9.17, 15) is 13.2 Å². The SMILES string of the molecule is CCC(CC)(Cc1ccc(C(F)(F)F)cc1)O[SiH3]. The predicted molar refractivity (Wildman–Crippen MR) is 69.5 cm³/mol. The predicted octanol–water partition coefficient (Wildman–Crippen LogP) is 3.10. The number of benzene rings is 1. The molecule has 0 unspecified atom stereocenters. The number of hydrogen-bond donors (Lipinski definition) is 0. The molecule has 0 aromatic heterocycles. The zero-order valence-electron chi connectivity index (χ0n) is 11.0. The molecule has 0 saturated heterocycles. The Kier molecular flexibility index (Phi) is 4.98. The van der Waals surface area contributed by atoms with E-state index in [-0.39, 0.29) is 5.60 Å². The molecule has 0 aliphatic carbocycles. The average molecular weight is 276 g/mol. The molecule has 18 heavy (non-hydrogen) atoms. The number of alkyl halides is 3. The molecule has 102 valence electrons. The van der Waals surface area contributed by atoms with Crippen molar-refractivity contribution in [3.63, 3.8) is 0 Å². The molecule has 0 aliphatic rings. The summed E-state index contributed by atoms with van der Waals surface area (Å²) in [6.07, 6.45) is -1.86. The molecule has 0 aliphatic heterocycles. The zero-order valence-corrected chi connectivity index (χ0v) is 13.0. The van der Waals surface area contributed by atoms with Gasteiger partial charge in [0.2, 0.25) is 0 Å². The summed E-state index contributed by atoms with van der Waals surface area (Å²) in [5.41, 5.74) is 0.0746. The average Bonchev–Trinajstić information content (AvgIpc) is 2.36. The molecule has 1 rings (SSSR count). The second kappa shape index (κ2) is 5.89. The second-order valence-electron chi connectivity index (χ2n) is 4.47. The minimum absolute atomic E-state index is 0.216. The van der Waals surface area contributed by atoms with Crippen LogP contribution in [0.25, 0.3) is 0 Å². The van der Waals surface area contributed by atoms with Crippen molar-refractivity contribution in [2.75, 3.05) is 0 Å². The lowest BCUT2D eigenvalue weighted by Gasteiger charge is -2.31. The third-order valence-corrected chi connectivity index (χ3v) is 4.40. The van der Waals surface area contributed by atoms with Crippen LogP contribution in [0.3, 0.4) is 0 Å². The highest BCUT2D eigenvalue weighted by atomic mass is 28.2. The van der Waals surface area contributed by atoms with E-state index in [0.717, 1.165) is 30.5 Å². The van der Waals surface area contributed by atoms with Crippen LogP contribution in [0.4, 0.5) is 13.2 Å². The molecule has 0 heterocycles. The van der Waals surface area contributed by atoms with Crippen LogP contribution in [-0.2, 0) is 17.0 Å². The number of halogens is 3. The second-order valence-corrected chi connectivity index (χ2v) is 4.87. The van der Waals surface area contributed by atoms with Crippen LogP contribution in [-0.4, -0.2) is 16.1 Å². The maximum Gasteiger partial charge on any atom is 0.416 e. The monoisotopic (exact) mass is 276 g/mol. The van der Waals surface area contributed by atoms with E-state index in [1.807, 2.05) is 13.8 Å². The molecule has 1 aromatic rings. The molecule has 0 amide bonds. The highest BCUT2D eigenvalue weighted by Crippen LogP contribution is 2.30. The Labute approximate surface area is 109 Å². The third kappa shape index (κ3) is 3.59. The van der Waals surface area contributed by atoms with Crippen molar-refractivity contribution in [3.8, 4) is 0 Å². The van der Waals surface area contributed by atoms with Crippen molar-refractivity contribution in [3.05, 3.63) is 35.4 Å². The van der Waals surface area contributed by atoms with Gasteiger partial charge in [-0.1, -0.05) is 26.0 Å². The zero-order chi connectivity index (χ0) is 13.8. The highest BCUT2D eigenvalue weighted by Gasteiger charge is 2.30. The summed E-state index contributed by atoms with van der Waals surface area (Å²) in [5.74, 6) is 0. The van der Waals surface area contributed by atoms with Gasteiger partial charge in [0, 0.05) is 6.42 Å². The summed E-state index contributed by atoms with van der Waals surface area (Å²) < 4.78 is 43.0. The lowest BCUT2D eigenvalue weighted by atomic mass is 9.89. The summed E-state index contributed by atoms with van der Waals surface area (Å²) in [4.78, 5) is 0. The molecular formula is C13H19F3OSi. The van der Waals surface area contributed by atoms with E-state index < -0.39 is 11.7 Å². The standard InChI is InChI=1S/C13H19F3OSi/c1-3-12(4-2,17-18)9-10-5-7-11(8-6-10)13(14,15)16/h5-8H,3-4,9H2,1-2,18H3. The van der Waals surface area contributed by atoms with E-state index in [4.69, 9.17) is 4.43 Å². The fraction of sp³-hybridized carbons (Fsp3) is 0.538. The molecule has 0 spiro atoms. The maximum atomic E-state index is 12.4. The number of rotatable bonds is 5. The quantitative estimate of drug-likeness (QED) is 0.751. The van der Waals surface area contributed by atoms with Crippen LogP contribution < -0.4 is 0 Å². The van der Waals surface area contributed by atoms with Crippen LogP contribution >= 0.6 is 0 Å². The Balaban J connectivity index is 2.86. The van der Waals surface area contributed by atoms with Crippen LogP contribution in [0, 0.1) is 0 Å². The molecule has 1 nitrogen and oxygen atoms in total.